The van der Waals surface area contributed by atoms with Crippen LogP contribution in [0.15, 0.2) is 64.7 Å². The Morgan fingerprint density at radius 1 is 1.20 bits per heavy atom. The predicted molar refractivity (Wildman–Crippen MR) is 104 cm³/mol. The quantitative estimate of drug-likeness (QED) is 0.869. The molecular weight excluding hydrogens is 332 g/mol. The van der Waals surface area contributed by atoms with Gasteiger partial charge in [0.25, 0.3) is 0 Å². The molecule has 0 spiro atoms. The van der Waals surface area contributed by atoms with Crippen LogP contribution >= 0.6 is 11.8 Å². The number of hydrogen-bond donors (Lipinski definition) is 2. The zero-order chi connectivity index (χ0) is 17.5. The van der Waals surface area contributed by atoms with Gasteiger partial charge in [-0.25, -0.2) is 4.99 Å². The number of benzene rings is 2. The van der Waals surface area contributed by atoms with Gasteiger partial charge in [-0.15, -0.1) is 0 Å². The Balaban J connectivity index is 1.60. The second-order valence-electron chi connectivity index (χ2n) is 5.64. The lowest BCUT2D eigenvalue weighted by Gasteiger charge is -2.15. The van der Waals surface area contributed by atoms with Crippen molar-refractivity contribution >= 4 is 34.2 Å². The Bertz CT molecular complexity index is 785. The SMILES string of the molecule is CC(=O)NCCc1ccc(C2=NNC(=Nc3ccccc3)SC2)cc1. The van der Waals surface area contributed by atoms with Gasteiger partial charge in [0.1, 0.15) is 0 Å². The molecule has 0 atom stereocenters. The number of aliphatic imine (C=N–C) groups is 1. The van der Waals surface area contributed by atoms with E-state index in [0.717, 1.165) is 34.3 Å². The van der Waals surface area contributed by atoms with Gasteiger partial charge in [0.2, 0.25) is 5.91 Å². The van der Waals surface area contributed by atoms with Gasteiger partial charge < -0.3 is 5.32 Å². The van der Waals surface area contributed by atoms with Crippen LogP contribution in [0.2, 0.25) is 0 Å². The topological polar surface area (TPSA) is 65.8 Å². The third-order valence-electron chi connectivity index (χ3n) is 3.69. The van der Waals surface area contributed by atoms with Gasteiger partial charge in [-0.05, 0) is 29.7 Å². The first-order valence-corrected chi connectivity index (χ1v) is 9.12. The number of amides is 1. The molecule has 0 saturated heterocycles. The lowest BCUT2D eigenvalue weighted by Crippen LogP contribution is -2.25. The van der Waals surface area contributed by atoms with E-state index in [0.29, 0.717) is 6.54 Å². The molecule has 1 aliphatic heterocycles. The van der Waals surface area contributed by atoms with E-state index in [1.165, 1.54) is 12.5 Å². The highest BCUT2D eigenvalue weighted by Crippen LogP contribution is 2.18. The van der Waals surface area contributed by atoms with Crippen LogP contribution in [-0.4, -0.2) is 29.1 Å². The molecule has 2 N–H and O–H groups in total. The van der Waals surface area contributed by atoms with E-state index in [1.807, 2.05) is 30.3 Å². The lowest BCUT2D eigenvalue weighted by molar-refractivity contribution is -0.118. The van der Waals surface area contributed by atoms with Crippen molar-refractivity contribution in [2.24, 2.45) is 10.1 Å². The lowest BCUT2D eigenvalue weighted by atomic mass is 10.1. The summed E-state index contributed by atoms with van der Waals surface area (Å²) in [5.41, 5.74) is 7.25. The molecule has 6 heteroatoms. The number of nitrogens with zero attached hydrogens (tertiary/aromatic N) is 2. The summed E-state index contributed by atoms with van der Waals surface area (Å²) >= 11 is 1.64. The van der Waals surface area contributed by atoms with Gasteiger partial charge in [-0.1, -0.05) is 54.2 Å². The molecule has 0 radical (unpaired) electrons. The third kappa shape index (κ3) is 5.19. The van der Waals surface area contributed by atoms with Gasteiger partial charge in [0.05, 0.1) is 11.4 Å². The first-order valence-electron chi connectivity index (χ1n) is 8.13. The van der Waals surface area contributed by atoms with Crippen molar-refractivity contribution in [3.8, 4) is 0 Å². The van der Waals surface area contributed by atoms with Gasteiger partial charge in [-0.2, -0.15) is 5.10 Å². The fraction of sp³-hybridized carbons (Fsp3) is 0.211. The summed E-state index contributed by atoms with van der Waals surface area (Å²) in [4.78, 5) is 15.4. The van der Waals surface area contributed by atoms with Crippen molar-refractivity contribution < 1.29 is 4.79 Å². The van der Waals surface area contributed by atoms with Crippen LogP contribution in [0, 0.1) is 0 Å². The second-order valence-corrected chi connectivity index (χ2v) is 6.61. The van der Waals surface area contributed by atoms with Crippen molar-refractivity contribution in [2.45, 2.75) is 13.3 Å². The Labute approximate surface area is 151 Å². The molecule has 128 valence electrons. The van der Waals surface area contributed by atoms with Gasteiger partial charge in [0.15, 0.2) is 5.17 Å². The highest BCUT2D eigenvalue weighted by molar-refractivity contribution is 8.14. The molecular formula is C19H20N4OS. The monoisotopic (exact) mass is 352 g/mol. The molecule has 5 nitrogen and oxygen atoms in total. The molecule has 0 fully saturated rings. The van der Waals surface area contributed by atoms with Crippen LogP contribution < -0.4 is 10.7 Å². The molecule has 1 amide bonds. The van der Waals surface area contributed by atoms with Crippen LogP contribution in [0.25, 0.3) is 0 Å². The zero-order valence-corrected chi connectivity index (χ0v) is 14.8. The highest BCUT2D eigenvalue weighted by Gasteiger charge is 2.13. The fourth-order valence-electron chi connectivity index (χ4n) is 2.39. The normalized spacial score (nSPS) is 15.4. The van der Waals surface area contributed by atoms with Crippen LogP contribution in [0.5, 0.6) is 0 Å². The summed E-state index contributed by atoms with van der Waals surface area (Å²) in [5, 5.41) is 8.07. The van der Waals surface area contributed by atoms with E-state index < -0.39 is 0 Å². The predicted octanol–water partition coefficient (Wildman–Crippen LogP) is 3.09. The standard InChI is InChI=1S/C19H20N4OS/c1-14(24)20-12-11-15-7-9-16(10-8-15)18-13-25-19(23-22-18)21-17-5-3-2-4-6-17/h2-10H,11-13H2,1H3,(H,20,24)(H,21,23). The number of rotatable bonds is 5. The first kappa shape index (κ1) is 17.2. The second kappa shape index (κ2) is 8.48. The van der Waals surface area contributed by atoms with Gasteiger partial charge in [-0.3, -0.25) is 10.2 Å². The molecule has 1 heterocycles. The van der Waals surface area contributed by atoms with E-state index in [1.54, 1.807) is 11.8 Å². The van der Waals surface area contributed by atoms with E-state index in [9.17, 15) is 4.79 Å². The molecule has 1 aliphatic rings. The number of nitrogens with one attached hydrogen (secondary N) is 2. The van der Waals surface area contributed by atoms with Crippen molar-refractivity contribution in [1.29, 1.82) is 0 Å². The largest absolute Gasteiger partial charge is 0.356 e. The first-order chi connectivity index (χ1) is 12.2. The summed E-state index contributed by atoms with van der Waals surface area (Å²) in [5.74, 6) is 0.786. The molecule has 3 rings (SSSR count). The number of amidine groups is 1. The van der Waals surface area contributed by atoms with Crippen LogP contribution in [0.4, 0.5) is 5.69 Å². The molecule has 0 bridgehead atoms. The average Bonchev–Trinajstić information content (AvgIpc) is 2.64. The molecule has 0 aliphatic carbocycles. The van der Waals surface area contributed by atoms with E-state index >= 15 is 0 Å². The number of hydrazone groups is 1. The van der Waals surface area contributed by atoms with E-state index in [2.05, 4.69) is 45.1 Å². The van der Waals surface area contributed by atoms with E-state index in [-0.39, 0.29) is 5.91 Å². The average molecular weight is 352 g/mol. The maximum atomic E-state index is 10.9. The number of carbonyl (C=O) groups is 1. The summed E-state index contributed by atoms with van der Waals surface area (Å²) < 4.78 is 0. The Morgan fingerprint density at radius 3 is 2.60 bits per heavy atom. The molecule has 0 unspecified atom stereocenters. The van der Waals surface area contributed by atoms with Gasteiger partial charge >= 0.3 is 0 Å². The number of hydrogen-bond acceptors (Lipinski definition) is 4. The highest BCUT2D eigenvalue weighted by atomic mass is 32.2. The molecule has 2 aromatic carbocycles. The van der Waals surface area contributed by atoms with Crippen LogP contribution in [0.1, 0.15) is 18.1 Å². The molecule has 0 saturated carbocycles. The molecule has 2 aromatic rings. The van der Waals surface area contributed by atoms with Crippen molar-refractivity contribution in [1.82, 2.24) is 10.7 Å². The minimum absolute atomic E-state index is 0.00394. The van der Waals surface area contributed by atoms with Crippen molar-refractivity contribution in [2.75, 3.05) is 12.3 Å². The molecule has 25 heavy (non-hydrogen) atoms. The van der Waals surface area contributed by atoms with Gasteiger partial charge in [0, 0.05) is 19.2 Å². The summed E-state index contributed by atoms with van der Waals surface area (Å²) in [7, 11) is 0. The smallest absolute Gasteiger partial charge is 0.216 e. The van der Waals surface area contributed by atoms with Crippen LogP contribution in [-0.2, 0) is 11.2 Å². The Kier molecular flexibility index (Phi) is 5.85. The fourth-order valence-corrected chi connectivity index (χ4v) is 3.17. The number of para-hydroxylation sites is 1. The van der Waals surface area contributed by atoms with Crippen LogP contribution in [0.3, 0.4) is 0 Å². The maximum Gasteiger partial charge on any atom is 0.216 e. The Hall–Kier alpha value is -2.60. The number of carbonyl (C=O) groups excluding carboxylic acids is 1. The minimum atomic E-state index is 0.00394. The minimum Gasteiger partial charge on any atom is -0.356 e. The van der Waals surface area contributed by atoms with Crippen molar-refractivity contribution in [3.63, 3.8) is 0 Å². The zero-order valence-electron chi connectivity index (χ0n) is 14.0. The summed E-state index contributed by atoms with van der Waals surface area (Å²) in [6, 6.07) is 18.1. The third-order valence-corrected chi connectivity index (χ3v) is 4.57. The molecule has 0 aromatic heterocycles. The Morgan fingerprint density at radius 2 is 1.96 bits per heavy atom. The maximum absolute atomic E-state index is 10.9. The number of thioether (sulfide) groups is 1. The van der Waals surface area contributed by atoms with Crippen molar-refractivity contribution in [3.05, 3.63) is 65.7 Å². The van der Waals surface area contributed by atoms with E-state index in [4.69, 9.17) is 0 Å². The summed E-state index contributed by atoms with van der Waals surface area (Å²) in [6.45, 7) is 2.19. The summed E-state index contributed by atoms with van der Waals surface area (Å²) in [6.07, 6.45) is 0.827.